The van der Waals surface area contributed by atoms with E-state index in [0.29, 0.717) is 12.8 Å². The summed E-state index contributed by atoms with van der Waals surface area (Å²) in [4.78, 5) is 11.7. The Labute approximate surface area is 116 Å². The first-order valence-electron chi connectivity index (χ1n) is 6.94. The molecule has 0 aliphatic heterocycles. The molecular weight excluding hydrogens is 266 g/mol. The largest absolute Gasteiger partial charge is 0.469 e. The zero-order valence-electron chi connectivity index (χ0n) is 12.3. The van der Waals surface area contributed by atoms with E-state index in [1.165, 1.54) is 11.4 Å². The summed E-state index contributed by atoms with van der Waals surface area (Å²) in [7, 11) is -0.495. The van der Waals surface area contributed by atoms with E-state index in [1.807, 2.05) is 13.8 Å². The second kappa shape index (κ2) is 6.70. The minimum atomic E-state index is -3.43. The first kappa shape index (κ1) is 16.4. The van der Waals surface area contributed by atoms with Crippen LogP contribution in [0.15, 0.2) is 0 Å². The Hall–Kier alpha value is -0.620. The number of hydrogen-bond acceptors (Lipinski definition) is 4. The normalized spacial score (nSPS) is 24.1. The second-order valence-electron chi connectivity index (χ2n) is 5.13. The van der Waals surface area contributed by atoms with Crippen LogP contribution in [0.5, 0.6) is 0 Å². The van der Waals surface area contributed by atoms with Crippen LogP contribution in [-0.4, -0.2) is 44.1 Å². The number of carbonyl (C=O) groups excluding carboxylic acids is 1. The van der Waals surface area contributed by atoms with Gasteiger partial charge < -0.3 is 4.74 Å². The van der Waals surface area contributed by atoms with Crippen molar-refractivity contribution < 1.29 is 17.9 Å². The van der Waals surface area contributed by atoms with Crippen LogP contribution in [0.4, 0.5) is 0 Å². The molecule has 1 aliphatic carbocycles. The van der Waals surface area contributed by atoms with Gasteiger partial charge in [0.25, 0.3) is 0 Å². The molecule has 0 aromatic rings. The number of nitrogens with zero attached hydrogens (tertiary/aromatic N) is 1. The Balaban J connectivity index is 2.95. The van der Waals surface area contributed by atoms with Gasteiger partial charge in [-0.2, -0.15) is 0 Å². The quantitative estimate of drug-likeness (QED) is 0.700. The highest BCUT2D eigenvalue weighted by molar-refractivity contribution is 7.89. The Kier molecular flexibility index (Phi) is 5.80. The summed E-state index contributed by atoms with van der Waals surface area (Å²) >= 11 is 0. The maximum absolute atomic E-state index is 12.6. The van der Waals surface area contributed by atoms with Crippen LogP contribution in [0.3, 0.4) is 0 Å². The fraction of sp³-hybridized carbons (Fsp3) is 0.923. The minimum Gasteiger partial charge on any atom is -0.469 e. The Morgan fingerprint density at radius 1 is 1.32 bits per heavy atom. The minimum absolute atomic E-state index is 0.00361. The predicted molar refractivity (Wildman–Crippen MR) is 74.2 cm³/mol. The van der Waals surface area contributed by atoms with Crippen molar-refractivity contribution in [3.05, 3.63) is 0 Å². The monoisotopic (exact) mass is 291 g/mol. The van der Waals surface area contributed by atoms with E-state index >= 15 is 0 Å². The van der Waals surface area contributed by atoms with Crippen LogP contribution in [-0.2, 0) is 19.6 Å². The number of rotatable bonds is 6. The standard InChI is InChI=1S/C13H25NO4S/c1-5-10(6-2)14(3)19(16,17)12-9-7-8-11(12)13(15)18-4/h10-12H,5-9H2,1-4H3. The van der Waals surface area contributed by atoms with Crippen molar-refractivity contribution in [1.29, 1.82) is 0 Å². The Morgan fingerprint density at radius 3 is 2.37 bits per heavy atom. The van der Waals surface area contributed by atoms with Crippen LogP contribution < -0.4 is 0 Å². The second-order valence-corrected chi connectivity index (χ2v) is 7.34. The van der Waals surface area contributed by atoms with Gasteiger partial charge in [-0.1, -0.05) is 20.3 Å². The number of ether oxygens (including phenoxy) is 1. The van der Waals surface area contributed by atoms with Gasteiger partial charge in [0.2, 0.25) is 10.0 Å². The molecule has 0 saturated heterocycles. The van der Waals surface area contributed by atoms with E-state index in [0.717, 1.165) is 19.3 Å². The van der Waals surface area contributed by atoms with Gasteiger partial charge in [0.15, 0.2) is 0 Å². The van der Waals surface area contributed by atoms with E-state index in [1.54, 1.807) is 7.05 Å². The summed E-state index contributed by atoms with van der Waals surface area (Å²) in [6.07, 6.45) is 3.48. The van der Waals surface area contributed by atoms with Gasteiger partial charge in [0.05, 0.1) is 18.3 Å². The smallest absolute Gasteiger partial charge is 0.310 e. The zero-order chi connectivity index (χ0) is 14.6. The van der Waals surface area contributed by atoms with Crippen LogP contribution in [0.2, 0.25) is 0 Å². The van der Waals surface area contributed by atoms with Crippen molar-refractivity contribution in [1.82, 2.24) is 4.31 Å². The molecule has 1 saturated carbocycles. The predicted octanol–water partition coefficient (Wildman–Crippen LogP) is 1.78. The third-order valence-corrected chi connectivity index (χ3v) is 6.63. The molecule has 1 aliphatic rings. The number of sulfonamides is 1. The molecule has 0 amide bonds. The molecule has 2 unspecified atom stereocenters. The third-order valence-electron chi connectivity index (χ3n) is 4.20. The summed E-state index contributed by atoms with van der Waals surface area (Å²) < 4.78 is 31.5. The van der Waals surface area contributed by atoms with Gasteiger partial charge in [-0.25, -0.2) is 12.7 Å². The summed E-state index contributed by atoms with van der Waals surface area (Å²) in [5.74, 6) is -0.907. The lowest BCUT2D eigenvalue weighted by atomic mass is 10.1. The highest BCUT2D eigenvalue weighted by atomic mass is 32.2. The average Bonchev–Trinajstić information content (AvgIpc) is 2.89. The average molecular weight is 291 g/mol. The van der Waals surface area contributed by atoms with Crippen molar-refractivity contribution in [3.63, 3.8) is 0 Å². The van der Waals surface area contributed by atoms with Crippen molar-refractivity contribution in [2.45, 2.75) is 57.2 Å². The fourth-order valence-corrected chi connectivity index (χ4v) is 5.20. The molecule has 6 heteroatoms. The summed E-state index contributed by atoms with van der Waals surface area (Å²) in [6, 6.07) is 0.00361. The molecule has 0 bridgehead atoms. The molecule has 19 heavy (non-hydrogen) atoms. The van der Waals surface area contributed by atoms with Gasteiger partial charge in [-0.05, 0) is 25.7 Å². The SMILES string of the molecule is CCC(CC)N(C)S(=O)(=O)C1CCCC1C(=O)OC. The molecule has 1 fully saturated rings. The summed E-state index contributed by atoms with van der Waals surface area (Å²) in [6.45, 7) is 3.96. The van der Waals surface area contributed by atoms with Gasteiger partial charge in [-0.3, -0.25) is 4.79 Å². The molecule has 5 nitrogen and oxygen atoms in total. The third kappa shape index (κ3) is 3.28. The molecule has 0 aromatic heterocycles. The topological polar surface area (TPSA) is 63.7 Å². The summed E-state index contributed by atoms with van der Waals surface area (Å²) in [5.41, 5.74) is 0. The van der Waals surface area contributed by atoms with E-state index in [9.17, 15) is 13.2 Å². The molecule has 2 atom stereocenters. The maximum Gasteiger partial charge on any atom is 0.310 e. The number of carbonyl (C=O) groups is 1. The Morgan fingerprint density at radius 2 is 1.89 bits per heavy atom. The van der Waals surface area contributed by atoms with Crippen LogP contribution >= 0.6 is 0 Å². The maximum atomic E-state index is 12.6. The first-order valence-corrected chi connectivity index (χ1v) is 8.45. The van der Waals surface area contributed by atoms with Crippen LogP contribution in [0.25, 0.3) is 0 Å². The van der Waals surface area contributed by atoms with E-state index in [-0.39, 0.29) is 6.04 Å². The van der Waals surface area contributed by atoms with E-state index in [2.05, 4.69) is 0 Å². The van der Waals surface area contributed by atoms with Crippen molar-refractivity contribution in [3.8, 4) is 0 Å². The molecule has 0 radical (unpaired) electrons. The first-order chi connectivity index (χ1) is 8.89. The highest BCUT2D eigenvalue weighted by Gasteiger charge is 2.44. The molecule has 0 aromatic carbocycles. The molecule has 0 N–H and O–H groups in total. The molecular formula is C13H25NO4S. The number of methoxy groups -OCH3 is 1. The zero-order valence-corrected chi connectivity index (χ0v) is 13.1. The van der Waals surface area contributed by atoms with Gasteiger partial charge >= 0.3 is 5.97 Å². The summed E-state index contributed by atoms with van der Waals surface area (Å²) in [5, 5.41) is -0.620. The lowest BCUT2D eigenvalue weighted by molar-refractivity contribution is -0.145. The van der Waals surface area contributed by atoms with Gasteiger partial charge in [0.1, 0.15) is 0 Å². The number of esters is 1. The highest BCUT2D eigenvalue weighted by Crippen LogP contribution is 2.34. The molecule has 0 spiro atoms. The molecule has 1 rings (SSSR count). The molecule has 112 valence electrons. The van der Waals surface area contributed by atoms with Crippen molar-refractivity contribution >= 4 is 16.0 Å². The lowest BCUT2D eigenvalue weighted by Crippen LogP contribution is -2.44. The van der Waals surface area contributed by atoms with E-state index < -0.39 is 27.2 Å². The van der Waals surface area contributed by atoms with Crippen LogP contribution in [0.1, 0.15) is 46.0 Å². The van der Waals surface area contributed by atoms with E-state index in [4.69, 9.17) is 4.74 Å². The van der Waals surface area contributed by atoms with Crippen molar-refractivity contribution in [2.24, 2.45) is 5.92 Å². The Bertz CT molecular complexity index is 403. The fourth-order valence-electron chi connectivity index (χ4n) is 2.93. The van der Waals surface area contributed by atoms with Crippen molar-refractivity contribution in [2.75, 3.05) is 14.2 Å². The molecule has 0 heterocycles. The van der Waals surface area contributed by atoms with Crippen LogP contribution in [0, 0.1) is 5.92 Å². The van der Waals surface area contributed by atoms with Gasteiger partial charge in [0, 0.05) is 13.1 Å². The lowest BCUT2D eigenvalue weighted by Gasteiger charge is -2.30. The number of hydrogen-bond donors (Lipinski definition) is 0. The van der Waals surface area contributed by atoms with Gasteiger partial charge in [-0.15, -0.1) is 0 Å².